The fourth-order valence-corrected chi connectivity index (χ4v) is 1.61. The molecule has 0 aromatic heterocycles. The molecule has 0 aromatic rings. The smallest absolute Gasteiger partial charge is 0.0296 e. The van der Waals surface area contributed by atoms with E-state index in [-0.39, 0.29) is 39.1 Å². The molecule has 0 atom stereocenters. The van der Waals surface area contributed by atoms with Crippen LogP contribution in [0.15, 0.2) is 24.3 Å². The molecule has 0 bridgehead atoms. The second-order valence-corrected chi connectivity index (χ2v) is 3.60. The third kappa shape index (κ3) is 2.31. The Morgan fingerprint density at radius 2 is 1.75 bits per heavy atom. The van der Waals surface area contributed by atoms with E-state index in [1.807, 2.05) is 0 Å². The fourth-order valence-electron chi connectivity index (χ4n) is 0.750. The van der Waals surface area contributed by atoms with Crippen molar-refractivity contribution in [3.8, 4) is 0 Å². The molecule has 1 aliphatic carbocycles. The van der Waals surface area contributed by atoms with Gasteiger partial charge in [-0.15, -0.1) is 0 Å². The SMILES string of the molecule is C[SiH2]C1C=CC=C1.[Na]. The van der Waals surface area contributed by atoms with E-state index in [0.717, 1.165) is 5.54 Å². The first kappa shape index (κ1) is 8.70. The third-order valence-electron chi connectivity index (χ3n) is 1.30. The Labute approximate surface area is 75.2 Å². The van der Waals surface area contributed by atoms with Gasteiger partial charge in [0.15, 0.2) is 0 Å². The van der Waals surface area contributed by atoms with Gasteiger partial charge in [0, 0.05) is 39.1 Å². The molecule has 0 nitrogen and oxygen atoms in total. The van der Waals surface area contributed by atoms with Crippen molar-refractivity contribution in [1.29, 1.82) is 0 Å². The van der Waals surface area contributed by atoms with Gasteiger partial charge in [-0.05, 0) is 5.54 Å². The first-order valence-electron chi connectivity index (χ1n) is 2.78. The summed E-state index contributed by atoms with van der Waals surface area (Å²) in [5.41, 5.74) is 0.875. The van der Waals surface area contributed by atoms with Crippen LogP contribution in [-0.2, 0) is 0 Å². The van der Waals surface area contributed by atoms with Gasteiger partial charge >= 0.3 is 0 Å². The monoisotopic (exact) mass is 133 g/mol. The molecule has 0 fully saturated rings. The molecular formula is C6H10NaSi. The minimum absolute atomic E-state index is 0. The van der Waals surface area contributed by atoms with Crippen LogP contribution >= 0.6 is 0 Å². The van der Waals surface area contributed by atoms with Gasteiger partial charge < -0.3 is 0 Å². The molecule has 0 amide bonds. The van der Waals surface area contributed by atoms with Gasteiger partial charge in [-0.1, -0.05) is 30.9 Å². The normalized spacial score (nSPS) is 18.1. The molecule has 0 spiro atoms. The van der Waals surface area contributed by atoms with E-state index in [9.17, 15) is 0 Å². The Morgan fingerprint density at radius 1 is 1.25 bits per heavy atom. The van der Waals surface area contributed by atoms with Gasteiger partial charge in [0.25, 0.3) is 0 Å². The number of allylic oxidation sites excluding steroid dienone is 4. The molecule has 0 aliphatic heterocycles. The van der Waals surface area contributed by atoms with Crippen LogP contribution in [0.4, 0.5) is 0 Å². The van der Waals surface area contributed by atoms with Crippen molar-refractivity contribution in [2.24, 2.45) is 0 Å². The molecule has 0 saturated heterocycles. The van der Waals surface area contributed by atoms with Crippen molar-refractivity contribution in [2.45, 2.75) is 12.1 Å². The van der Waals surface area contributed by atoms with E-state index in [4.69, 9.17) is 0 Å². The molecule has 0 aromatic carbocycles. The molecule has 0 unspecified atom stereocenters. The van der Waals surface area contributed by atoms with Gasteiger partial charge in [0.1, 0.15) is 0 Å². The molecular weight excluding hydrogens is 123 g/mol. The van der Waals surface area contributed by atoms with Gasteiger partial charge in [-0.3, -0.25) is 0 Å². The molecule has 8 heavy (non-hydrogen) atoms. The minimum atomic E-state index is 0. The Morgan fingerprint density at radius 3 is 2.00 bits per heavy atom. The molecule has 0 N–H and O–H groups in total. The molecule has 2 heteroatoms. The molecule has 39 valence electrons. The van der Waals surface area contributed by atoms with Crippen LogP contribution in [0.1, 0.15) is 0 Å². The van der Waals surface area contributed by atoms with Gasteiger partial charge in [0.2, 0.25) is 0 Å². The van der Waals surface area contributed by atoms with Crippen molar-refractivity contribution in [1.82, 2.24) is 0 Å². The van der Waals surface area contributed by atoms with Crippen LogP contribution < -0.4 is 0 Å². The third-order valence-corrected chi connectivity index (χ3v) is 2.79. The molecule has 1 rings (SSSR count). The first-order valence-corrected chi connectivity index (χ1v) is 5.01. The average Bonchev–Trinajstić information content (AvgIpc) is 2.14. The summed E-state index contributed by atoms with van der Waals surface area (Å²) in [5.74, 6) is 0. The van der Waals surface area contributed by atoms with Crippen molar-refractivity contribution < 1.29 is 0 Å². The largest absolute Gasteiger partial charge is 0.0810 e. The summed E-state index contributed by atoms with van der Waals surface area (Å²) in [7, 11) is 0.217. The molecule has 1 aliphatic rings. The van der Waals surface area contributed by atoms with Crippen molar-refractivity contribution in [3.05, 3.63) is 24.3 Å². The van der Waals surface area contributed by atoms with E-state index < -0.39 is 0 Å². The predicted octanol–water partition coefficient (Wildman–Crippen LogP) is 0.737. The second kappa shape index (κ2) is 4.56. The van der Waals surface area contributed by atoms with Gasteiger partial charge in [0.05, 0.1) is 0 Å². The Kier molecular flexibility index (Phi) is 4.96. The quantitative estimate of drug-likeness (QED) is 0.463. The van der Waals surface area contributed by atoms with Crippen LogP contribution in [0.25, 0.3) is 0 Å². The minimum Gasteiger partial charge on any atom is -0.0810 e. The van der Waals surface area contributed by atoms with E-state index in [2.05, 4.69) is 30.9 Å². The van der Waals surface area contributed by atoms with E-state index in [0.29, 0.717) is 0 Å². The topological polar surface area (TPSA) is 0 Å². The average molecular weight is 133 g/mol. The maximum atomic E-state index is 2.34. The van der Waals surface area contributed by atoms with Gasteiger partial charge in [-0.25, -0.2) is 0 Å². The van der Waals surface area contributed by atoms with Crippen LogP contribution in [-0.4, -0.2) is 39.1 Å². The van der Waals surface area contributed by atoms with E-state index in [1.165, 1.54) is 0 Å². The zero-order chi connectivity index (χ0) is 5.11. The maximum absolute atomic E-state index is 2.34. The summed E-state index contributed by atoms with van der Waals surface area (Å²) in [6, 6.07) is 0. The second-order valence-electron chi connectivity index (χ2n) is 1.84. The van der Waals surface area contributed by atoms with E-state index >= 15 is 0 Å². The van der Waals surface area contributed by atoms with E-state index in [1.54, 1.807) is 0 Å². The van der Waals surface area contributed by atoms with Crippen molar-refractivity contribution in [2.75, 3.05) is 0 Å². The van der Waals surface area contributed by atoms with Gasteiger partial charge in [-0.2, -0.15) is 0 Å². The van der Waals surface area contributed by atoms with Crippen molar-refractivity contribution in [3.63, 3.8) is 0 Å². The van der Waals surface area contributed by atoms with Crippen molar-refractivity contribution >= 4 is 39.1 Å². The summed E-state index contributed by atoms with van der Waals surface area (Å²) in [6.07, 6.45) is 8.85. The maximum Gasteiger partial charge on any atom is 0.0296 e. The molecule has 0 saturated carbocycles. The summed E-state index contributed by atoms with van der Waals surface area (Å²) in [4.78, 5) is 0. The Hall–Kier alpha value is 0.697. The molecule has 1 radical (unpaired) electrons. The van der Waals surface area contributed by atoms with Crippen LogP contribution in [0.3, 0.4) is 0 Å². The number of rotatable bonds is 1. The summed E-state index contributed by atoms with van der Waals surface area (Å²) in [5, 5.41) is 0. The zero-order valence-corrected chi connectivity index (χ0v) is 9.01. The zero-order valence-electron chi connectivity index (χ0n) is 5.59. The Balaban J connectivity index is 0.000000490. The Bertz CT molecular complexity index is 95.1. The number of hydrogen-bond donors (Lipinski definition) is 0. The summed E-state index contributed by atoms with van der Waals surface area (Å²) < 4.78 is 0. The summed E-state index contributed by atoms with van der Waals surface area (Å²) >= 11 is 0. The molecule has 0 heterocycles. The van der Waals surface area contributed by atoms with Crippen LogP contribution in [0, 0.1) is 0 Å². The number of hydrogen-bond acceptors (Lipinski definition) is 0. The first-order chi connectivity index (χ1) is 3.43. The summed E-state index contributed by atoms with van der Waals surface area (Å²) in [6.45, 7) is 2.34. The van der Waals surface area contributed by atoms with Crippen LogP contribution in [0.5, 0.6) is 0 Å². The fraction of sp³-hybridized carbons (Fsp3) is 0.333. The standard InChI is InChI=1S/C6H10Si.Na/c1-7-6-4-2-3-5-6;/h2-6H,7H2,1H3;. The van der Waals surface area contributed by atoms with Crippen LogP contribution in [0.2, 0.25) is 12.1 Å². The predicted molar refractivity (Wildman–Crippen MR) is 42.2 cm³/mol.